The van der Waals surface area contributed by atoms with Gasteiger partial charge in [-0.25, -0.2) is 9.59 Å². The molecule has 0 amide bonds. The van der Waals surface area contributed by atoms with E-state index in [2.05, 4.69) is 0 Å². The van der Waals surface area contributed by atoms with Crippen LogP contribution in [0.5, 0.6) is 23.0 Å². The maximum atomic E-state index is 11.5. The molecule has 0 aliphatic rings. The van der Waals surface area contributed by atoms with Crippen LogP contribution in [-0.4, -0.2) is 22.2 Å². The van der Waals surface area contributed by atoms with Gasteiger partial charge in [-0.3, -0.25) is 0 Å². The van der Waals surface area contributed by atoms with E-state index in [9.17, 15) is 19.8 Å². The van der Waals surface area contributed by atoms with E-state index in [4.69, 9.17) is 9.47 Å². The Balaban J connectivity index is 1.90. The van der Waals surface area contributed by atoms with Crippen LogP contribution in [0.4, 0.5) is 0 Å². The fourth-order valence-electron chi connectivity index (χ4n) is 1.53. The molecule has 6 nitrogen and oxygen atoms in total. The average Bonchev–Trinajstić information content (AvgIpc) is 2.45. The number of hydrogen-bond donors (Lipinski definition) is 2. The van der Waals surface area contributed by atoms with E-state index in [0.29, 0.717) is 0 Å². The Kier molecular flexibility index (Phi) is 4.77. The number of carbonyl (C=O) groups is 2. The lowest BCUT2D eigenvalue weighted by Crippen LogP contribution is -2.08. The first-order valence-electron chi connectivity index (χ1n) is 6.23. The van der Waals surface area contributed by atoms with Gasteiger partial charge in [0.25, 0.3) is 0 Å². The SMILES string of the molecule is O=C(/C=C\C(=O)Oc1cccc(O)c1)Oc1cccc(O)c1. The van der Waals surface area contributed by atoms with Gasteiger partial charge in [-0.05, 0) is 24.3 Å². The van der Waals surface area contributed by atoms with Crippen LogP contribution in [0.25, 0.3) is 0 Å². The van der Waals surface area contributed by atoms with Gasteiger partial charge in [0.2, 0.25) is 0 Å². The minimum absolute atomic E-state index is 0.0439. The zero-order valence-electron chi connectivity index (χ0n) is 11.3. The highest BCUT2D eigenvalue weighted by Crippen LogP contribution is 2.18. The first kappa shape index (κ1) is 15.1. The van der Waals surface area contributed by atoms with Gasteiger partial charge >= 0.3 is 11.9 Å². The summed E-state index contributed by atoms with van der Waals surface area (Å²) in [7, 11) is 0. The van der Waals surface area contributed by atoms with Crippen molar-refractivity contribution in [2.45, 2.75) is 0 Å². The Morgan fingerprint density at radius 3 is 1.55 bits per heavy atom. The standard InChI is InChI=1S/C16H12O6/c17-11-3-1-5-13(9-11)21-15(19)7-8-16(20)22-14-6-2-4-12(18)10-14/h1-10,17-18H/b8-7-. The second-order valence-corrected chi connectivity index (χ2v) is 4.17. The van der Waals surface area contributed by atoms with Crippen molar-refractivity contribution >= 4 is 11.9 Å². The van der Waals surface area contributed by atoms with Crippen molar-refractivity contribution in [2.24, 2.45) is 0 Å². The summed E-state index contributed by atoms with van der Waals surface area (Å²) in [5.74, 6) is -1.38. The Morgan fingerprint density at radius 2 is 1.18 bits per heavy atom. The summed E-state index contributed by atoms with van der Waals surface area (Å²) < 4.78 is 9.76. The molecular formula is C16H12O6. The van der Waals surface area contributed by atoms with Crippen molar-refractivity contribution in [1.29, 1.82) is 0 Å². The van der Waals surface area contributed by atoms with Crippen LogP contribution >= 0.6 is 0 Å². The topological polar surface area (TPSA) is 93.1 Å². The predicted octanol–water partition coefficient (Wildman–Crippen LogP) is 2.17. The highest BCUT2D eigenvalue weighted by Gasteiger charge is 2.05. The summed E-state index contributed by atoms with van der Waals surface area (Å²) in [5, 5.41) is 18.5. The number of hydrogen-bond acceptors (Lipinski definition) is 6. The lowest BCUT2D eigenvalue weighted by Gasteiger charge is -2.02. The normalized spacial score (nSPS) is 10.4. The highest BCUT2D eigenvalue weighted by molar-refractivity contribution is 5.93. The second-order valence-electron chi connectivity index (χ2n) is 4.17. The summed E-state index contributed by atoms with van der Waals surface area (Å²) in [4.78, 5) is 23.0. The first-order chi connectivity index (χ1) is 10.5. The maximum absolute atomic E-state index is 11.5. The lowest BCUT2D eigenvalue weighted by molar-refractivity contribution is -0.131. The maximum Gasteiger partial charge on any atom is 0.336 e. The van der Waals surface area contributed by atoms with Crippen molar-refractivity contribution in [3.8, 4) is 23.0 Å². The van der Waals surface area contributed by atoms with E-state index < -0.39 is 11.9 Å². The molecule has 6 heteroatoms. The van der Waals surface area contributed by atoms with Gasteiger partial charge in [-0.2, -0.15) is 0 Å². The van der Waals surface area contributed by atoms with E-state index in [1.165, 1.54) is 48.5 Å². The summed E-state index contributed by atoms with van der Waals surface area (Å²) in [5.41, 5.74) is 0. The molecule has 2 N–H and O–H groups in total. The largest absolute Gasteiger partial charge is 0.508 e. The van der Waals surface area contributed by atoms with Crippen molar-refractivity contribution < 1.29 is 29.3 Å². The Bertz CT molecular complexity index is 659. The minimum Gasteiger partial charge on any atom is -0.508 e. The summed E-state index contributed by atoms with van der Waals surface area (Å²) in [6.45, 7) is 0. The number of esters is 2. The molecule has 0 heterocycles. The van der Waals surface area contributed by atoms with E-state index in [-0.39, 0.29) is 23.0 Å². The van der Waals surface area contributed by atoms with Gasteiger partial charge in [-0.1, -0.05) is 12.1 Å². The minimum atomic E-state index is -0.793. The van der Waals surface area contributed by atoms with Crippen LogP contribution in [0.1, 0.15) is 0 Å². The van der Waals surface area contributed by atoms with E-state index in [1.807, 2.05) is 0 Å². The third-order valence-corrected chi connectivity index (χ3v) is 2.43. The van der Waals surface area contributed by atoms with Crippen LogP contribution in [-0.2, 0) is 9.59 Å². The molecule has 0 saturated heterocycles. The van der Waals surface area contributed by atoms with Crippen LogP contribution < -0.4 is 9.47 Å². The number of rotatable bonds is 4. The van der Waals surface area contributed by atoms with Gasteiger partial charge < -0.3 is 19.7 Å². The highest BCUT2D eigenvalue weighted by atomic mass is 16.5. The molecule has 0 bridgehead atoms. The van der Waals surface area contributed by atoms with Crippen LogP contribution in [0, 0.1) is 0 Å². The van der Waals surface area contributed by atoms with Crippen molar-refractivity contribution in [1.82, 2.24) is 0 Å². The molecule has 0 spiro atoms. The number of aromatic hydroxyl groups is 2. The van der Waals surface area contributed by atoms with Gasteiger partial charge in [-0.15, -0.1) is 0 Å². The third-order valence-electron chi connectivity index (χ3n) is 2.43. The third kappa shape index (κ3) is 4.68. The second kappa shape index (κ2) is 6.94. The zero-order valence-corrected chi connectivity index (χ0v) is 11.3. The fourth-order valence-corrected chi connectivity index (χ4v) is 1.53. The Hall–Kier alpha value is -3.28. The van der Waals surface area contributed by atoms with Gasteiger partial charge in [0, 0.05) is 24.3 Å². The molecule has 0 aliphatic heterocycles. The molecule has 0 saturated carbocycles. The van der Waals surface area contributed by atoms with Gasteiger partial charge in [0.1, 0.15) is 23.0 Å². The van der Waals surface area contributed by atoms with Crippen LogP contribution in [0.2, 0.25) is 0 Å². The zero-order chi connectivity index (χ0) is 15.9. The molecule has 0 atom stereocenters. The quantitative estimate of drug-likeness (QED) is 0.510. The molecule has 2 rings (SSSR count). The number of benzene rings is 2. The summed E-state index contributed by atoms with van der Waals surface area (Å²) >= 11 is 0. The number of phenolic OH excluding ortho intramolecular Hbond substituents is 2. The monoisotopic (exact) mass is 300 g/mol. The average molecular weight is 300 g/mol. The first-order valence-corrected chi connectivity index (χ1v) is 6.23. The van der Waals surface area contributed by atoms with Crippen molar-refractivity contribution in [2.75, 3.05) is 0 Å². The fraction of sp³-hybridized carbons (Fsp3) is 0. The molecular weight excluding hydrogens is 288 g/mol. The summed E-state index contributed by atoms with van der Waals surface area (Å²) in [6, 6.07) is 11.4. The molecule has 0 fully saturated rings. The van der Waals surface area contributed by atoms with E-state index in [1.54, 1.807) is 0 Å². The Labute approximate surface area is 125 Å². The summed E-state index contributed by atoms with van der Waals surface area (Å²) in [6.07, 6.45) is 1.80. The molecule has 0 aromatic heterocycles. The van der Waals surface area contributed by atoms with Gasteiger partial charge in [0.05, 0.1) is 0 Å². The van der Waals surface area contributed by atoms with Crippen LogP contribution in [0.15, 0.2) is 60.7 Å². The van der Waals surface area contributed by atoms with Crippen LogP contribution in [0.3, 0.4) is 0 Å². The van der Waals surface area contributed by atoms with E-state index >= 15 is 0 Å². The molecule has 0 aliphatic carbocycles. The molecule has 2 aromatic rings. The smallest absolute Gasteiger partial charge is 0.336 e. The molecule has 0 radical (unpaired) electrons. The molecule has 112 valence electrons. The number of ether oxygens (including phenoxy) is 2. The lowest BCUT2D eigenvalue weighted by atomic mass is 10.3. The predicted molar refractivity (Wildman–Crippen MR) is 76.6 cm³/mol. The van der Waals surface area contributed by atoms with Crippen molar-refractivity contribution in [3.05, 3.63) is 60.7 Å². The number of carbonyl (C=O) groups excluding carboxylic acids is 2. The Morgan fingerprint density at radius 1 is 0.773 bits per heavy atom. The van der Waals surface area contributed by atoms with Gasteiger partial charge in [0.15, 0.2) is 0 Å². The molecule has 2 aromatic carbocycles. The molecule has 0 unspecified atom stereocenters. The molecule has 22 heavy (non-hydrogen) atoms. The van der Waals surface area contributed by atoms with E-state index in [0.717, 1.165) is 12.2 Å². The number of phenols is 2. The van der Waals surface area contributed by atoms with Crippen molar-refractivity contribution in [3.63, 3.8) is 0 Å².